The van der Waals surface area contributed by atoms with Crippen LogP contribution in [-0.4, -0.2) is 5.91 Å². The third kappa shape index (κ3) is 2.94. The van der Waals surface area contributed by atoms with E-state index in [4.69, 9.17) is 17.3 Å². The van der Waals surface area contributed by atoms with Crippen LogP contribution in [0, 0.1) is 12.7 Å². The highest BCUT2D eigenvalue weighted by molar-refractivity contribution is 9.10. The molecule has 0 aliphatic carbocycles. The maximum Gasteiger partial charge on any atom is 0.257 e. The lowest BCUT2D eigenvalue weighted by Crippen LogP contribution is -2.15. The summed E-state index contributed by atoms with van der Waals surface area (Å²) in [5, 5.41) is 3.00. The molecule has 20 heavy (non-hydrogen) atoms. The normalized spacial score (nSPS) is 10.4. The fraction of sp³-hybridized carbons (Fsp3) is 0.0714. The van der Waals surface area contributed by atoms with Gasteiger partial charge in [0, 0.05) is 5.69 Å². The first-order valence-corrected chi connectivity index (χ1v) is 6.88. The molecule has 0 spiro atoms. The Labute approximate surface area is 129 Å². The monoisotopic (exact) mass is 356 g/mol. The highest BCUT2D eigenvalue weighted by Gasteiger charge is 2.14. The van der Waals surface area contributed by atoms with Gasteiger partial charge in [-0.05, 0) is 52.7 Å². The molecule has 0 atom stereocenters. The van der Waals surface area contributed by atoms with E-state index >= 15 is 0 Å². The number of hydrogen-bond acceptors (Lipinski definition) is 2. The number of carbonyl (C=O) groups is 1. The van der Waals surface area contributed by atoms with Gasteiger partial charge in [-0.1, -0.05) is 17.7 Å². The number of benzene rings is 2. The molecule has 0 unspecified atom stereocenters. The first-order chi connectivity index (χ1) is 9.40. The minimum Gasteiger partial charge on any atom is -0.397 e. The van der Waals surface area contributed by atoms with Gasteiger partial charge >= 0.3 is 0 Å². The summed E-state index contributed by atoms with van der Waals surface area (Å²) in [5.41, 5.74) is 7.37. The molecule has 0 aliphatic heterocycles. The second kappa shape index (κ2) is 5.81. The first-order valence-electron chi connectivity index (χ1n) is 5.71. The van der Waals surface area contributed by atoms with E-state index < -0.39 is 5.91 Å². The molecule has 0 bridgehead atoms. The molecule has 2 aromatic rings. The number of aryl methyl sites for hydroxylation is 1. The number of nitrogens with two attached hydrogens (primary N) is 1. The lowest BCUT2D eigenvalue weighted by molar-refractivity contribution is 0.102. The Bertz CT molecular complexity index is 691. The van der Waals surface area contributed by atoms with Crippen molar-refractivity contribution in [2.75, 3.05) is 11.1 Å². The van der Waals surface area contributed by atoms with Crippen LogP contribution < -0.4 is 11.1 Å². The quantitative estimate of drug-likeness (QED) is 0.783. The van der Waals surface area contributed by atoms with Crippen LogP contribution in [0.4, 0.5) is 15.8 Å². The zero-order valence-electron chi connectivity index (χ0n) is 10.5. The van der Waals surface area contributed by atoms with Crippen molar-refractivity contribution in [1.82, 2.24) is 0 Å². The average molecular weight is 358 g/mol. The number of para-hydroxylation sites is 1. The molecule has 0 fully saturated rings. The van der Waals surface area contributed by atoms with E-state index in [-0.39, 0.29) is 21.5 Å². The standard InChI is InChI=1S/C14H11BrClFN2O/c1-7-5-11(17)9(15)6-12(7)19-14(20)8-3-2-4-10(16)13(8)18/h2-6H,18H2,1H3,(H,19,20). The second-order valence-corrected chi connectivity index (χ2v) is 5.50. The molecule has 3 N–H and O–H groups in total. The number of anilines is 2. The Balaban J connectivity index is 2.33. The zero-order chi connectivity index (χ0) is 14.9. The van der Waals surface area contributed by atoms with Gasteiger partial charge in [-0.2, -0.15) is 0 Å². The van der Waals surface area contributed by atoms with Crippen molar-refractivity contribution in [2.45, 2.75) is 6.92 Å². The summed E-state index contributed by atoms with van der Waals surface area (Å²) in [6.07, 6.45) is 0. The van der Waals surface area contributed by atoms with Crippen molar-refractivity contribution in [3.8, 4) is 0 Å². The molecule has 0 aromatic heterocycles. The van der Waals surface area contributed by atoms with Crippen LogP contribution in [0.25, 0.3) is 0 Å². The minimum absolute atomic E-state index is 0.213. The number of nitrogen functional groups attached to an aromatic ring is 1. The first kappa shape index (κ1) is 14.8. The number of carbonyl (C=O) groups excluding carboxylic acids is 1. The van der Waals surface area contributed by atoms with Crippen molar-refractivity contribution in [3.05, 3.63) is 56.8 Å². The van der Waals surface area contributed by atoms with E-state index in [0.29, 0.717) is 16.3 Å². The van der Waals surface area contributed by atoms with Crippen molar-refractivity contribution < 1.29 is 9.18 Å². The lowest BCUT2D eigenvalue weighted by Gasteiger charge is -2.11. The predicted molar refractivity (Wildman–Crippen MR) is 82.7 cm³/mol. The smallest absolute Gasteiger partial charge is 0.257 e. The summed E-state index contributed by atoms with van der Waals surface area (Å²) < 4.78 is 13.6. The number of rotatable bonds is 2. The lowest BCUT2D eigenvalue weighted by atomic mass is 10.1. The summed E-state index contributed by atoms with van der Waals surface area (Å²) in [6.45, 7) is 1.70. The Kier molecular flexibility index (Phi) is 4.30. The van der Waals surface area contributed by atoms with Crippen molar-refractivity contribution >= 4 is 44.8 Å². The van der Waals surface area contributed by atoms with Crippen molar-refractivity contribution in [1.29, 1.82) is 0 Å². The Morgan fingerprint density at radius 1 is 1.40 bits per heavy atom. The van der Waals surface area contributed by atoms with Gasteiger partial charge < -0.3 is 11.1 Å². The largest absolute Gasteiger partial charge is 0.397 e. The molecule has 0 heterocycles. The highest BCUT2D eigenvalue weighted by Crippen LogP contribution is 2.27. The van der Waals surface area contributed by atoms with Gasteiger partial charge in [0.15, 0.2) is 0 Å². The molecule has 1 amide bonds. The molecule has 0 radical (unpaired) electrons. The van der Waals surface area contributed by atoms with Crippen molar-refractivity contribution in [2.24, 2.45) is 0 Å². The third-order valence-electron chi connectivity index (χ3n) is 2.81. The summed E-state index contributed by atoms with van der Waals surface area (Å²) in [4.78, 5) is 12.2. The van der Waals surface area contributed by atoms with Crippen LogP contribution in [0.15, 0.2) is 34.8 Å². The highest BCUT2D eigenvalue weighted by atomic mass is 79.9. The number of halogens is 3. The predicted octanol–water partition coefficient (Wildman–Crippen LogP) is 4.38. The van der Waals surface area contributed by atoms with Crippen molar-refractivity contribution in [3.63, 3.8) is 0 Å². The second-order valence-electron chi connectivity index (χ2n) is 4.24. The van der Waals surface area contributed by atoms with E-state index in [0.717, 1.165) is 0 Å². The minimum atomic E-state index is -0.397. The summed E-state index contributed by atoms with van der Waals surface area (Å²) in [7, 11) is 0. The zero-order valence-corrected chi connectivity index (χ0v) is 12.8. The maximum atomic E-state index is 13.3. The number of nitrogens with one attached hydrogen (secondary N) is 1. The topological polar surface area (TPSA) is 55.1 Å². The van der Waals surface area contributed by atoms with Gasteiger partial charge in [0.2, 0.25) is 0 Å². The van der Waals surface area contributed by atoms with Crippen LogP contribution in [0.3, 0.4) is 0 Å². The molecule has 0 saturated heterocycles. The summed E-state index contributed by atoms with van der Waals surface area (Å²) in [5.74, 6) is -0.783. The maximum absolute atomic E-state index is 13.3. The molecule has 2 aromatic carbocycles. The van der Waals surface area contributed by atoms with E-state index in [1.165, 1.54) is 12.1 Å². The Morgan fingerprint density at radius 3 is 2.80 bits per heavy atom. The molecule has 6 heteroatoms. The molecule has 0 saturated carbocycles. The van der Waals surface area contributed by atoms with Crippen LogP contribution in [0.1, 0.15) is 15.9 Å². The summed E-state index contributed by atoms with van der Waals surface area (Å²) >= 11 is 8.96. The van der Waals surface area contributed by atoms with Gasteiger partial charge in [0.05, 0.1) is 20.7 Å². The van der Waals surface area contributed by atoms with Crippen LogP contribution >= 0.6 is 27.5 Å². The molecular weight excluding hydrogens is 347 g/mol. The summed E-state index contributed by atoms with van der Waals surface area (Å²) in [6, 6.07) is 7.66. The third-order valence-corrected chi connectivity index (χ3v) is 3.75. The molecule has 104 valence electrons. The fourth-order valence-corrected chi connectivity index (χ4v) is 2.22. The number of amides is 1. The van der Waals surface area contributed by atoms with E-state index in [9.17, 15) is 9.18 Å². The van der Waals surface area contributed by atoms with Gasteiger partial charge in [0.1, 0.15) is 5.82 Å². The van der Waals surface area contributed by atoms with Gasteiger partial charge in [-0.25, -0.2) is 4.39 Å². The molecular formula is C14H11BrClFN2O. The Hall–Kier alpha value is -1.59. The molecule has 3 nitrogen and oxygen atoms in total. The van der Waals surface area contributed by atoms with Crippen LogP contribution in [0.5, 0.6) is 0 Å². The average Bonchev–Trinajstić information content (AvgIpc) is 2.39. The number of hydrogen-bond donors (Lipinski definition) is 2. The van der Waals surface area contributed by atoms with E-state index in [2.05, 4.69) is 21.2 Å². The molecule has 0 aliphatic rings. The fourth-order valence-electron chi connectivity index (χ4n) is 1.71. The van der Waals surface area contributed by atoms with Gasteiger partial charge in [-0.15, -0.1) is 0 Å². The SMILES string of the molecule is Cc1cc(F)c(Br)cc1NC(=O)c1cccc(Cl)c1N. The van der Waals surface area contributed by atoms with Gasteiger partial charge in [-0.3, -0.25) is 4.79 Å². The van der Waals surface area contributed by atoms with Crippen LogP contribution in [0.2, 0.25) is 5.02 Å². The Morgan fingerprint density at radius 2 is 2.10 bits per heavy atom. The van der Waals surface area contributed by atoms with Gasteiger partial charge in [0.25, 0.3) is 5.91 Å². The molecule has 2 rings (SSSR count). The van der Waals surface area contributed by atoms with E-state index in [1.54, 1.807) is 25.1 Å². The van der Waals surface area contributed by atoms with E-state index in [1.807, 2.05) is 0 Å². The van der Waals surface area contributed by atoms with Crippen LogP contribution in [-0.2, 0) is 0 Å².